The minimum absolute atomic E-state index is 0.0178. The molecule has 1 atom stereocenters. The fourth-order valence-corrected chi connectivity index (χ4v) is 5.96. The Morgan fingerprint density at radius 3 is 2.69 bits per heavy atom. The van der Waals surface area contributed by atoms with Gasteiger partial charge in [0.25, 0.3) is 0 Å². The van der Waals surface area contributed by atoms with E-state index in [-0.39, 0.29) is 30.3 Å². The molecule has 4 rings (SSSR count). The van der Waals surface area contributed by atoms with Crippen LogP contribution in [0.25, 0.3) is 0 Å². The molecular formula is C26H34N2O3S. The lowest BCUT2D eigenvalue weighted by molar-refractivity contribution is -0.144. The number of hydrogen-bond acceptors (Lipinski definition) is 4. The number of amides is 2. The van der Waals surface area contributed by atoms with E-state index in [9.17, 15) is 9.59 Å². The lowest BCUT2D eigenvalue weighted by Crippen LogP contribution is -2.48. The predicted octanol–water partition coefficient (Wildman–Crippen LogP) is 4.91. The molecule has 1 aromatic heterocycles. The second kappa shape index (κ2) is 10.1. The third-order valence-electron chi connectivity index (χ3n) is 6.87. The number of benzene rings is 1. The molecule has 1 fully saturated rings. The number of ether oxygens (including phenoxy) is 1. The van der Waals surface area contributed by atoms with Gasteiger partial charge in [0, 0.05) is 23.9 Å². The van der Waals surface area contributed by atoms with Crippen LogP contribution in [-0.2, 0) is 16.0 Å². The maximum absolute atomic E-state index is 13.4. The summed E-state index contributed by atoms with van der Waals surface area (Å²) in [6.45, 7) is 7.91. The van der Waals surface area contributed by atoms with Crippen molar-refractivity contribution in [3.05, 3.63) is 51.2 Å². The van der Waals surface area contributed by atoms with Crippen molar-refractivity contribution < 1.29 is 14.3 Å². The summed E-state index contributed by atoms with van der Waals surface area (Å²) < 4.78 is 6.23. The maximum Gasteiger partial charge on any atom is 0.242 e. The summed E-state index contributed by atoms with van der Waals surface area (Å²) in [6, 6.07) is 8.17. The van der Waals surface area contributed by atoms with Crippen LogP contribution in [0.4, 0.5) is 0 Å². The van der Waals surface area contributed by atoms with Crippen LogP contribution in [0.15, 0.2) is 29.6 Å². The molecule has 172 valence electrons. The van der Waals surface area contributed by atoms with Crippen LogP contribution in [0.5, 0.6) is 5.75 Å². The molecule has 1 aliphatic carbocycles. The van der Waals surface area contributed by atoms with Crippen molar-refractivity contribution in [2.24, 2.45) is 5.92 Å². The highest BCUT2D eigenvalue weighted by Crippen LogP contribution is 2.34. The summed E-state index contributed by atoms with van der Waals surface area (Å²) >= 11 is 1.75. The molecule has 5 nitrogen and oxygen atoms in total. The minimum atomic E-state index is -0.126. The molecule has 0 N–H and O–H groups in total. The van der Waals surface area contributed by atoms with Crippen LogP contribution in [0.3, 0.4) is 0 Å². The molecule has 0 bridgehead atoms. The zero-order chi connectivity index (χ0) is 22.7. The van der Waals surface area contributed by atoms with Gasteiger partial charge in [-0.3, -0.25) is 9.59 Å². The molecule has 0 radical (unpaired) electrons. The van der Waals surface area contributed by atoms with Crippen molar-refractivity contribution in [1.29, 1.82) is 0 Å². The number of carbonyl (C=O) groups excluding carboxylic acids is 2. The molecule has 1 aliphatic heterocycles. The smallest absolute Gasteiger partial charge is 0.242 e. The number of carbonyl (C=O) groups is 2. The first-order valence-corrected chi connectivity index (χ1v) is 12.7. The Morgan fingerprint density at radius 1 is 1.19 bits per heavy atom. The number of fused-ring (bicyclic) bond motifs is 1. The Balaban J connectivity index is 1.49. The van der Waals surface area contributed by atoms with Crippen LogP contribution in [0, 0.1) is 19.8 Å². The van der Waals surface area contributed by atoms with Gasteiger partial charge >= 0.3 is 0 Å². The zero-order valence-electron chi connectivity index (χ0n) is 19.4. The Kier molecular flexibility index (Phi) is 7.19. The van der Waals surface area contributed by atoms with E-state index in [4.69, 9.17) is 4.74 Å². The lowest BCUT2D eigenvalue weighted by atomic mass is 10.00. The monoisotopic (exact) mass is 454 g/mol. The summed E-state index contributed by atoms with van der Waals surface area (Å²) in [6.07, 6.45) is 5.01. The molecule has 0 unspecified atom stereocenters. The quantitative estimate of drug-likeness (QED) is 0.597. The van der Waals surface area contributed by atoms with Crippen LogP contribution >= 0.6 is 11.3 Å². The number of hydrogen-bond donors (Lipinski definition) is 0. The van der Waals surface area contributed by atoms with Crippen molar-refractivity contribution in [3.63, 3.8) is 0 Å². The Hall–Kier alpha value is -2.34. The van der Waals surface area contributed by atoms with Crippen molar-refractivity contribution in [1.82, 2.24) is 9.80 Å². The van der Waals surface area contributed by atoms with Gasteiger partial charge in [-0.1, -0.05) is 30.5 Å². The summed E-state index contributed by atoms with van der Waals surface area (Å²) in [5, 5.41) is 2.10. The number of thiophene rings is 1. The number of rotatable bonds is 7. The van der Waals surface area contributed by atoms with Gasteiger partial charge in [-0.2, -0.15) is 0 Å². The molecule has 1 saturated carbocycles. The van der Waals surface area contributed by atoms with Gasteiger partial charge in [0.15, 0.2) is 0 Å². The highest BCUT2D eigenvalue weighted by molar-refractivity contribution is 7.10. The van der Waals surface area contributed by atoms with Crippen molar-refractivity contribution in [2.45, 2.75) is 58.9 Å². The Labute approximate surface area is 195 Å². The molecule has 1 aromatic carbocycles. The van der Waals surface area contributed by atoms with Crippen LogP contribution in [0.1, 0.15) is 60.2 Å². The highest BCUT2D eigenvalue weighted by atomic mass is 32.1. The molecule has 32 heavy (non-hydrogen) atoms. The molecular weight excluding hydrogens is 420 g/mol. The van der Waals surface area contributed by atoms with E-state index in [2.05, 4.69) is 37.4 Å². The number of likely N-dealkylation sites (N-methyl/N-ethyl adjacent to an activating group) is 1. The number of aryl methyl sites for hydroxylation is 2. The SMILES string of the molecule is CCN(CC(=O)N1CCc2sccc2[C@H]1COc1ccc(C)cc1C)C(=O)C1CCCC1. The topological polar surface area (TPSA) is 49.9 Å². The van der Waals surface area contributed by atoms with Gasteiger partial charge < -0.3 is 14.5 Å². The van der Waals surface area contributed by atoms with E-state index < -0.39 is 0 Å². The molecule has 2 aromatic rings. The molecule has 6 heteroatoms. The largest absolute Gasteiger partial charge is 0.491 e. The zero-order valence-corrected chi connectivity index (χ0v) is 20.2. The Bertz CT molecular complexity index is 964. The Morgan fingerprint density at radius 2 is 1.97 bits per heavy atom. The average molecular weight is 455 g/mol. The molecule has 0 saturated heterocycles. The second-order valence-electron chi connectivity index (χ2n) is 9.07. The standard InChI is InChI=1S/C26H34N2O3S/c1-4-27(26(30)20-7-5-6-8-20)16-25(29)28-13-11-24-21(12-14-32-24)22(28)17-31-23-10-9-18(2)15-19(23)3/h9-10,12,14-15,20,22H,4-8,11,13,16-17H2,1-3H3/t22-/m1/s1. The van der Waals surface area contributed by atoms with Crippen molar-refractivity contribution in [2.75, 3.05) is 26.2 Å². The van der Waals surface area contributed by atoms with E-state index >= 15 is 0 Å². The van der Waals surface area contributed by atoms with Crippen LogP contribution < -0.4 is 4.74 Å². The summed E-state index contributed by atoms with van der Waals surface area (Å²) in [5.41, 5.74) is 3.49. The molecule has 0 spiro atoms. The molecule has 2 amide bonds. The van der Waals surface area contributed by atoms with E-state index in [0.717, 1.165) is 43.4 Å². The van der Waals surface area contributed by atoms with Gasteiger partial charge in [0.1, 0.15) is 12.4 Å². The lowest BCUT2D eigenvalue weighted by Gasteiger charge is -2.37. The highest BCUT2D eigenvalue weighted by Gasteiger charge is 2.34. The second-order valence-corrected chi connectivity index (χ2v) is 10.1. The van der Waals surface area contributed by atoms with Gasteiger partial charge in [0.2, 0.25) is 11.8 Å². The van der Waals surface area contributed by atoms with Crippen molar-refractivity contribution in [3.8, 4) is 5.75 Å². The summed E-state index contributed by atoms with van der Waals surface area (Å²) in [7, 11) is 0. The first-order valence-electron chi connectivity index (χ1n) is 11.8. The van der Waals surface area contributed by atoms with Gasteiger partial charge in [-0.15, -0.1) is 11.3 Å². The minimum Gasteiger partial charge on any atom is -0.491 e. The maximum atomic E-state index is 13.4. The molecule has 2 heterocycles. The first-order chi connectivity index (χ1) is 15.5. The van der Waals surface area contributed by atoms with Gasteiger partial charge in [0.05, 0.1) is 12.6 Å². The summed E-state index contributed by atoms with van der Waals surface area (Å²) in [4.78, 5) is 31.4. The normalized spacial score (nSPS) is 18.5. The van der Waals surface area contributed by atoms with E-state index in [1.807, 2.05) is 17.9 Å². The predicted molar refractivity (Wildman–Crippen MR) is 128 cm³/mol. The van der Waals surface area contributed by atoms with E-state index in [1.165, 1.54) is 16.0 Å². The van der Waals surface area contributed by atoms with Gasteiger partial charge in [-0.25, -0.2) is 0 Å². The number of nitrogens with zero attached hydrogens (tertiary/aromatic N) is 2. The third-order valence-corrected chi connectivity index (χ3v) is 7.86. The van der Waals surface area contributed by atoms with E-state index in [1.54, 1.807) is 16.2 Å². The van der Waals surface area contributed by atoms with Crippen molar-refractivity contribution >= 4 is 23.2 Å². The fourth-order valence-electron chi connectivity index (χ4n) is 5.04. The van der Waals surface area contributed by atoms with Crippen LogP contribution in [-0.4, -0.2) is 47.9 Å². The summed E-state index contributed by atoms with van der Waals surface area (Å²) in [5.74, 6) is 1.12. The first kappa shape index (κ1) is 22.8. The van der Waals surface area contributed by atoms with E-state index in [0.29, 0.717) is 19.7 Å². The third kappa shape index (κ3) is 4.85. The average Bonchev–Trinajstić information content (AvgIpc) is 3.48. The molecule has 2 aliphatic rings. The fraction of sp³-hybridized carbons (Fsp3) is 0.538. The van der Waals surface area contributed by atoms with Gasteiger partial charge in [-0.05, 0) is 68.7 Å². The van der Waals surface area contributed by atoms with Crippen LogP contribution in [0.2, 0.25) is 0 Å².